The molecule has 1 saturated carbocycles. The number of piperazine rings is 1. The SMILES string of the molecule is CC(C)(C)OC(=O)N1CCN(c2ccc([N+](=O)[O-])c(NC3CCCC3)c2)CC1(C)C. The Bertz CT molecular complexity index is 797. The van der Waals surface area contributed by atoms with E-state index in [9.17, 15) is 14.9 Å². The number of anilines is 2. The van der Waals surface area contributed by atoms with E-state index in [1.807, 2.05) is 40.7 Å². The Morgan fingerprint density at radius 1 is 1.23 bits per heavy atom. The maximum atomic E-state index is 12.6. The standard InChI is InChI=1S/C22H34N4O4/c1-21(2,3)30-20(27)25-13-12-24(15-22(25,4)5)17-10-11-19(26(28)29)18(14-17)23-16-8-6-7-9-16/h10-11,14,16,23H,6-9,12-13,15H2,1-5H3. The minimum absolute atomic E-state index is 0.109. The van der Waals surface area contributed by atoms with Gasteiger partial charge in [-0.2, -0.15) is 0 Å². The minimum Gasteiger partial charge on any atom is -0.444 e. The monoisotopic (exact) mass is 418 g/mol. The zero-order chi connectivity index (χ0) is 22.1. The number of carbonyl (C=O) groups excluding carboxylic acids is 1. The summed E-state index contributed by atoms with van der Waals surface area (Å²) in [5.41, 5.74) is 0.650. The van der Waals surface area contributed by atoms with Gasteiger partial charge in [0.05, 0.1) is 10.5 Å². The van der Waals surface area contributed by atoms with E-state index in [-0.39, 0.29) is 16.7 Å². The maximum Gasteiger partial charge on any atom is 0.410 e. The Labute approximate surface area is 178 Å². The second-order valence-electron chi connectivity index (χ2n) is 9.95. The molecule has 30 heavy (non-hydrogen) atoms. The summed E-state index contributed by atoms with van der Waals surface area (Å²) in [6, 6.07) is 5.56. The third-order valence-corrected chi connectivity index (χ3v) is 5.77. The number of carbonyl (C=O) groups is 1. The van der Waals surface area contributed by atoms with Crippen LogP contribution in [0.25, 0.3) is 0 Å². The maximum absolute atomic E-state index is 12.6. The highest BCUT2D eigenvalue weighted by atomic mass is 16.6. The van der Waals surface area contributed by atoms with Gasteiger partial charge in [0.15, 0.2) is 0 Å². The number of nitro groups is 1. The zero-order valence-electron chi connectivity index (χ0n) is 18.7. The van der Waals surface area contributed by atoms with E-state index in [0.717, 1.165) is 31.4 Å². The van der Waals surface area contributed by atoms with Gasteiger partial charge in [-0.25, -0.2) is 4.79 Å². The molecule has 0 bridgehead atoms. The fourth-order valence-corrected chi connectivity index (χ4v) is 4.32. The summed E-state index contributed by atoms with van der Waals surface area (Å²) >= 11 is 0. The number of nitrogens with zero attached hydrogens (tertiary/aromatic N) is 3. The van der Waals surface area contributed by atoms with Crippen LogP contribution in [0.3, 0.4) is 0 Å². The van der Waals surface area contributed by atoms with Crippen LogP contribution >= 0.6 is 0 Å². The number of nitro benzene ring substituents is 1. The Morgan fingerprint density at radius 2 is 1.90 bits per heavy atom. The molecule has 1 saturated heterocycles. The molecule has 0 radical (unpaired) electrons. The molecule has 1 aromatic carbocycles. The van der Waals surface area contributed by atoms with Gasteiger partial charge in [0.2, 0.25) is 0 Å². The molecule has 2 aliphatic rings. The fourth-order valence-electron chi connectivity index (χ4n) is 4.32. The molecule has 1 aliphatic carbocycles. The number of hydrogen-bond acceptors (Lipinski definition) is 6. The first kappa shape index (κ1) is 22.2. The molecule has 1 aliphatic heterocycles. The van der Waals surface area contributed by atoms with Crippen molar-refractivity contribution in [3.8, 4) is 0 Å². The number of benzene rings is 1. The van der Waals surface area contributed by atoms with Crippen LogP contribution in [0.4, 0.5) is 21.9 Å². The second-order valence-corrected chi connectivity index (χ2v) is 9.95. The lowest BCUT2D eigenvalue weighted by molar-refractivity contribution is -0.384. The summed E-state index contributed by atoms with van der Waals surface area (Å²) in [4.78, 5) is 27.8. The number of ether oxygens (including phenoxy) is 1. The zero-order valence-corrected chi connectivity index (χ0v) is 18.7. The van der Waals surface area contributed by atoms with Crippen molar-refractivity contribution in [2.45, 2.75) is 77.5 Å². The first-order valence-corrected chi connectivity index (χ1v) is 10.8. The van der Waals surface area contributed by atoms with Crippen LogP contribution in [0.2, 0.25) is 0 Å². The van der Waals surface area contributed by atoms with Gasteiger partial charge in [0.1, 0.15) is 11.3 Å². The molecule has 1 amide bonds. The van der Waals surface area contributed by atoms with Gasteiger partial charge in [-0.1, -0.05) is 12.8 Å². The number of amides is 1. The smallest absolute Gasteiger partial charge is 0.410 e. The van der Waals surface area contributed by atoms with Crippen molar-refractivity contribution in [2.24, 2.45) is 0 Å². The lowest BCUT2D eigenvalue weighted by Crippen LogP contribution is -2.61. The average Bonchev–Trinajstić information content (AvgIpc) is 3.12. The summed E-state index contributed by atoms with van der Waals surface area (Å²) in [5.74, 6) is 0. The summed E-state index contributed by atoms with van der Waals surface area (Å²) in [7, 11) is 0. The molecule has 1 heterocycles. The summed E-state index contributed by atoms with van der Waals surface area (Å²) in [6.07, 6.45) is 4.10. The van der Waals surface area contributed by atoms with Crippen LogP contribution in [0.1, 0.15) is 60.3 Å². The molecule has 0 spiro atoms. The highest BCUT2D eigenvalue weighted by Crippen LogP contribution is 2.34. The van der Waals surface area contributed by atoms with E-state index in [2.05, 4.69) is 10.2 Å². The van der Waals surface area contributed by atoms with Gasteiger partial charge >= 0.3 is 6.09 Å². The molecule has 2 fully saturated rings. The largest absolute Gasteiger partial charge is 0.444 e. The van der Waals surface area contributed by atoms with Crippen molar-refractivity contribution in [3.63, 3.8) is 0 Å². The van der Waals surface area contributed by atoms with Crippen LogP contribution in [-0.4, -0.2) is 52.7 Å². The van der Waals surface area contributed by atoms with Gasteiger partial charge in [0.25, 0.3) is 5.69 Å². The first-order valence-electron chi connectivity index (χ1n) is 10.8. The molecule has 3 rings (SSSR count). The Kier molecular flexibility index (Phi) is 6.15. The topological polar surface area (TPSA) is 88.0 Å². The van der Waals surface area contributed by atoms with Crippen molar-refractivity contribution in [1.29, 1.82) is 0 Å². The Morgan fingerprint density at radius 3 is 2.47 bits per heavy atom. The van der Waals surface area contributed by atoms with Crippen LogP contribution in [0.5, 0.6) is 0 Å². The van der Waals surface area contributed by atoms with E-state index in [0.29, 0.717) is 31.4 Å². The summed E-state index contributed by atoms with van der Waals surface area (Å²) < 4.78 is 5.57. The third kappa shape index (κ3) is 5.15. The molecule has 0 aromatic heterocycles. The summed E-state index contributed by atoms with van der Waals surface area (Å²) in [5, 5.41) is 14.9. The van der Waals surface area contributed by atoms with Crippen LogP contribution in [0.15, 0.2) is 18.2 Å². The summed E-state index contributed by atoms with van der Waals surface area (Å²) in [6.45, 7) is 11.4. The molecule has 1 N–H and O–H groups in total. The van der Waals surface area contributed by atoms with Gasteiger partial charge in [-0.05, 0) is 59.6 Å². The number of hydrogen-bond donors (Lipinski definition) is 1. The molecule has 0 atom stereocenters. The molecular weight excluding hydrogens is 384 g/mol. The lowest BCUT2D eigenvalue weighted by atomic mass is 9.98. The second kappa shape index (κ2) is 8.32. The minimum atomic E-state index is -0.538. The molecule has 1 aromatic rings. The van der Waals surface area contributed by atoms with Crippen molar-refractivity contribution in [1.82, 2.24) is 4.90 Å². The predicted molar refractivity (Wildman–Crippen MR) is 118 cm³/mol. The molecule has 166 valence electrons. The van der Waals surface area contributed by atoms with Gasteiger partial charge < -0.3 is 15.0 Å². The van der Waals surface area contributed by atoms with Crippen LogP contribution < -0.4 is 10.2 Å². The van der Waals surface area contributed by atoms with Crippen LogP contribution in [0, 0.1) is 10.1 Å². The van der Waals surface area contributed by atoms with Gasteiger partial charge in [-0.3, -0.25) is 15.0 Å². The van der Waals surface area contributed by atoms with E-state index < -0.39 is 11.1 Å². The van der Waals surface area contributed by atoms with Crippen LogP contribution in [-0.2, 0) is 4.74 Å². The van der Waals surface area contributed by atoms with E-state index >= 15 is 0 Å². The quantitative estimate of drug-likeness (QED) is 0.559. The van der Waals surface area contributed by atoms with Gasteiger partial charge in [0, 0.05) is 37.4 Å². The Hall–Kier alpha value is -2.51. The number of rotatable bonds is 4. The first-order chi connectivity index (χ1) is 14.0. The van der Waals surface area contributed by atoms with E-state index in [4.69, 9.17) is 4.74 Å². The lowest BCUT2D eigenvalue weighted by Gasteiger charge is -2.47. The molecule has 8 heteroatoms. The van der Waals surface area contributed by atoms with Crippen molar-refractivity contribution < 1.29 is 14.5 Å². The highest BCUT2D eigenvalue weighted by molar-refractivity contribution is 5.72. The normalized spacial score (nSPS) is 19.6. The predicted octanol–water partition coefficient (Wildman–Crippen LogP) is 4.79. The van der Waals surface area contributed by atoms with E-state index in [1.165, 1.54) is 0 Å². The van der Waals surface area contributed by atoms with Crippen molar-refractivity contribution >= 4 is 23.2 Å². The fraction of sp³-hybridized carbons (Fsp3) is 0.682. The average molecular weight is 419 g/mol. The molecular formula is C22H34N4O4. The molecule has 8 nitrogen and oxygen atoms in total. The van der Waals surface area contributed by atoms with E-state index in [1.54, 1.807) is 17.0 Å². The highest BCUT2D eigenvalue weighted by Gasteiger charge is 2.39. The third-order valence-electron chi connectivity index (χ3n) is 5.77. The Balaban J connectivity index is 1.78. The van der Waals surface area contributed by atoms with Crippen molar-refractivity contribution in [2.75, 3.05) is 29.9 Å². The van der Waals surface area contributed by atoms with Gasteiger partial charge in [-0.15, -0.1) is 0 Å². The number of nitrogens with one attached hydrogen (secondary N) is 1. The molecule has 0 unspecified atom stereocenters. The van der Waals surface area contributed by atoms with Crippen molar-refractivity contribution in [3.05, 3.63) is 28.3 Å².